The van der Waals surface area contributed by atoms with Gasteiger partial charge in [-0.25, -0.2) is 0 Å². The molecule has 0 amide bonds. The van der Waals surface area contributed by atoms with Crippen molar-refractivity contribution < 1.29 is 0 Å². The van der Waals surface area contributed by atoms with Crippen molar-refractivity contribution in [3.05, 3.63) is 0 Å². The second-order valence-electron chi connectivity index (χ2n) is 7.09. The van der Waals surface area contributed by atoms with Gasteiger partial charge in [0.25, 0.3) is 0 Å². The van der Waals surface area contributed by atoms with Crippen molar-refractivity contribution in [1.82, 2.24) is 10.2 Å². The van der Waals surface area contributed by atoms with Crippen molar-refractivity contribution in [3.8, 4) is 0 Å². The van der Waals surface area contributed by atoms with Gasteiger partial charge in [0.1, 0.15) is 0 Å². The minimum absolute atomic E-state index is 0.576. The molecule has 2 rings (SSSR count). The first-order chi connectivity index (χ1) is 8.63. The van der Waals surface area contributed by atoms with Gasteiger partial charge < -0.3 is 10.2 Å². The lowest BCUT2D eigenvalue weighted by Crippen LogP contribution is -2.45. The Morgan fingerprint density at radius 3 is 2.39 bits per heavy atom. The van der Waals surface area contributed by atoms with Crippen LogP contribution in [0.3, 0.4) is 0 Å². The lowest BCUT2D eigenvalue weighted by Gasteiger charge is -2.42. The van der Waals surface area contributed by atoms with E-state index in [1.54, 1.807) is 0 Å². The van der Waals surface area contributed by atoms with Gasteiger partial charge in [-0.1, -0.05) is 33.6 Å². The molecule has 0 aromatic heterocycles. The predicted octanol–water partition coefficient (Wildman–Crippen LogP) is 3.13. The second kappa shape index (κ2) is 6.38. The summed E-state index contributed by atoms with van der Waals surface area (Å²) in [5, 5.41) is 3.63. The van der Waals surface area contributed by atoms with Gasteiger partial charge in [-0.2, -0.15) is 0 Å². The summed E-state index contributed by atoms with van der Waals surface area (Å²) in [5.41, 5.74) is 0.576. The summed E-state index contributed by atoms with van der Waals surface area (Å²) in [7, 11) is 0. The predicted molar refractivity (Wildman–Crippen MR) is 78.8 cm³/mol. The molecule has 2 nitrogen and oxygen atoms in total. The highest BCUT2D eigenvalue weighted by atomic mass is 15.2. The van der Waals surface area contributed by atoms with Gasteiger partial charge in [-0.3, -0.25) is 0 Å². The third-order valence-electron chi connectivity index (χ3n) is 5.15. The maximum atomic E-state index is 3.63. The summed E-state index contributed by atoms with van der Waals surface area (Å²) in [4.78, 5) is 2.73. The molecule has 1 heterocycles. The van der Waals surface area contributed by atoms with Crippen LogP contribution in [0.1, 0.15) is 52.9 Å². The highest BCUT2D eigenvalue weighted by Gasteiger charge is 2.36. The number of rotatable bonds is 5. The Morgan fingerprint density at radius 1 is 1.11 bits per heavy atom. The van der Waals surface area contributed by atoms with Crippen LogP contribution >= 0.6 is 0 Å². The van der Waals surface area contributed by atoms with Crippen LogP contribution in [-0.4, -0.2) is 37.6 Å². The fourth-order valence-electron chi connectivity index (χ4n) is 3.80. The molecular formula is C16H32N2. The highest BCUT2D eigenvalue weighted by molar-refractivity contribution is 4.90. The Labute approximate surface area is 114 Å². The zero-order valence-electron chi connectivity index (χ0n) is 12.7. The third-order valence-corrected chi connectivity index (χ3v) is 5.15. The summed E-state index contributed by atoms with van der Waals surface area (Å²) in [6.45, 7) is 13.4. The second-order valence-corrected chi connectivity index (χ2v) is 7.09. The number of hydrogen-bond acceptors (Lipinski definition) is 2. The first-order valence-corrected chi connectivity index (χ1v) is 8.06. The van der Waals surface area contributed by atoms with E-state index in [0.29, 0.717) is 5.41 Å². The fourth-order valence-corrected chi connectivity index (χ4v) is 3.80. The SMILES string of the molecule is CCNCC1(CN2CCC(C)C2)CCC(C)CC1. The molecule has 0 bridgehead atoms. The molecule has 1 saturated carbocycles. The zero-order chi connectivity index (χ0) is 13.0. The van der Waals surface area contributed by atoms with Crippen molar-refractivity contribution in [2.75, 3.05) is 32.7 Å². The van der Waals surface area contributed by atoms with Crippen molar-refractivity contribution >= 4 is 0 Å². The molecule has 0 radical (unpaired) electrons. The normalized spacial score (nSPS) is 38.2. The summed E-state index contributed by atoms with van der Waals surface area (Å²) in [5.74, 6) is 1.88. The molecule has 1 unspecified atom stereocenters. The van der Waals surface area contributed by atoms with Crippen LogP contribution in [0.2, 0.25) is 0 Å². The molecule has 0 spiro atoms. The molecule has 18 heavy (non-hydrogen) atoms. The fraction of sp³-hybridized carbons (Fsp3) is 1.00. The van der Waals surface area contributed by atoms with E-state index in [1.807, 2.05) is 0 Å². The first kappa shape index (κ1) is 14.3. The molecule has 1 aliphatic carbocycles. The molecular weight excluding hydrogens is 220 g/mol. The van der Waals surface area contributed by atoms with E-state index in [2.05, 4.69) is 31.0 Å². The monoisotopic (exact) mass is 252 g/mol. The Kier molecular flexibility index (Phi) is 5.08. The van der Waals surface area contributed by atoms with Crippen molar-refractivity contribution in [2.24, 2.45) is 17.3 Å². The Bertz CT molecular complexity index is 238. The number of likely N-dealkylation sites (tertiary alicyclic amines) is 1. The molecule has 1 saturated heterocycles. The molecule has 2 aliphatic rings. The molecule has 0 aromatic carbocycles. The van der Waals surface area contributed by atoms with Crippen molar-refractivity contribution in [3.63, 3.8) is 0 Å². The minimum Gasteiger partial charge on any atom is -0.316 e. The van der Waals surface area contributed by atoms with E-state index in [9.17, 15) is 0 Å². The third kappa shape index (κ3) is 3.71. The van der Waals surface area contributed by atoms with Crippen LogP contribution in [0.25, 0.3) is 0 Å². The van der Waals surface area contributed by atoms with Gasteiger partial charge in [-0.15, -0.1) is 0 Å². The minimum atomic E-state index is 0.576. The Morgan fingerprint density at radius 2 is 1.83 bits per heavy atom. The van der Waals surface area contributed by atoms with Crippen LogP contribution in [0.15, 0.2) is 0 Å². The largest absolute Gasteiger partial charge is 0.316 e. The summed E-state index contributed by atoms with van der Waals surface area (Å²) in [6.07, 6.45) is 7.16. The molecule has 2 fully saturated rings. The van der Waals surface area contributed by atoms with E-state index >= 15 is 0 Å². The highest BCUT2D eigenvalue weighted by Crippen LogP contribution is 2.39. The van der Waals surface area contributed by atoms with Gasteiger partial charge >= 0.3 is 0 Å². The van der Waals surface area contributed by atoms with Crippen LogP contribution in [0, 0.1) is 17.3 Å². The van der Waals surface area contributed by atoms with Crippen LogP contribution < -0.4 is 5.32 Å². The van der Waals surface area contributed by atoms with E-state index in [-0.39, 0.29) is 0 Å². The molecule has 1 atom stereocenters. The molecule has 106 valence electrons. The van der Waals surface area contributed by atoms with Crippen LogP contribution in [0.5, 0.6) is 0 Å². The number of hydrogen-bond donors (Lipinski definition) is 1. The molecule has 2 heteroatoms. The molecule has 1 aliphatic heterocycles. The van der Waals surface area contributed by atoms with Crippen LogP contribution in [0.4, 0.5) is 0 Å². The summed E-state index contributed by atoms with van der Waals surface area (Å²) >= 11 is 0. The standard InChI is InChI=1S/C16H32N2/c1-4-17-12-16(8-5-14(2)6-9-16)13-18-10-7-15(3)11-18/h14-15,17H,4-13H2,1-3H3. The topological polar surface area (TPSA) is 15.3 Å². The van der Waals surface area contributed by atoms with Crippen molar-refractivity contribution in [1.29, 1.82) is 0 Å². The van der Waals surface area contributed by atoms with Crippen LogP contribution in [-0.2, 0) is 0 Å². The summed E-state index contributed by atoms with van der Waals surface area (Å²) in [6, 6.07) is 0. The van der Waals surface area contributed by atoms with Gasteiger partial charge in [0.15, 0.2) is 0 Å². The van der Waals surface area contributed by atoms with E-state index < -0.39 is 0 Å². The average molecular weight is 252 g/mol. The van der Waals surface area contributed by atoms with E-state index in [4.69, 9.17) is 0 Å². The molecule has 0 aromatic rings. The molecule has 1 N–H and O–H groups in total. The maximum Gasteiger partial charge on any atom is 0.00503 e. The van der Waals surface area contributed by atoms with Gasteiger partial charge in [-0.05, 0) is 49.6 Å². The van der Waals surface area contributed by atoms with E-state index in [0.717, 1.165) is 18.4 Å². The van der Waals surface area contributed by atoms with E-state index in [1.165, 1.54) is 58.3 Å². The lowest BCUT2D eigenvalue weighted by molar-refractivity contribution is 0.0972. The Balaban J connectivity index is 1.91. The summed E-state index contributed by atoms with van der Waals surface area (Å²) < 4.78 is 0. The quantitative estimate of drug-likeness (QED) is 0.808. The van der Waals surface area contributed by atoms with Gasteiger partial charge in [0, 0.05) is 19.6 Å². The lowest BCUT2D eigenvalue weighted by atomic mass is 9.70. The number of nitrogens with zero attached hydrogens (tertiary/aromatic N) is 1. The zero-order valence-corrected chi connectivity index (χ0v) is 12.7. The van der Waals surface area contributed by atoms with Crippen molar-refractivity contribution in [2.45, 2.75) is 52.9 Å². The maximum absolute atomic E-state index is 3.63. The first-order valence-electron chi connectivity index (χ1n) is 8.06. The number of nitrogens with one attached hydrogen (secondary N) is 1. The smallest absolute Gasteiger partial charge is 0.00503 e. The van der Waals surface area contributed by atoms with Gasteiger partial charge in [0.05, 0.1) is 0 Å². The van der Waals surface area contributed by atoms with Gasteiger partial charge in [0.2, 0.25) is 0 Å². The Hall–Kier alpha value is -0.0800. The average Bonchev–Trinajstić information content (AvgIpc) is 2.76.